The fourth-order valence-electron chi connectivity index (χ4n) is 3.04. The Morgan fingerprint density at radius 2 is 2.24 bits per heavy atom. The van der Waals surface area contributed by atoms with Gasteiger partial charge in [0.25, 0.3) is 0 Å². The van der Waals surface area contributed by atoms with E-state index in [0.29, 0.717) is 25.9 Å². The molecule has 1 fully saturated rings. The average Bonchev–Trinajstić information content (AvgIpc) is 3.11. The lowest BCUT2D eigenvalue weighted by atomic mass is 10.2. The first-order valence-corrected chi connectivity index (χ1v) is 8.29. The van der Waals surface area contributed by atoms with Crippen molar-refractivity contribution in [3.8, 4) is 0 Å². The number of halogens is 1. The smallest absolute Gasteiger partial charge is 0.225 e. The van der Waals surface area contributed by atoms with E-state index < -0.39 is 0 Å². The van der Waals surface area contributed by atoms with Crippen molar-refractivity contribution in [2.75, 3.05) is 6.54 Å². The van der Waals surface area contributed by atoms with Gasteiger partial charge in [-0.3, -0.25) is 14.3 Å². The summed E-state index contributed by atoms with van der Waals surface area (Å²) in [6, 6.07) is 6.02. The van der Waals surface area contributed by atoms with Gasteiger partial charge in [0.05, 0.1) is 12.2 Å². The monoisotopic (exact) mass is 344 g/mol. The van der Waals surface area contributed by atoms with Crippen LogP contribution in [-0.4, -0.2) is 39.1 Å². The number of aromatic nitrogens is 2. The van der Waals surface area contributed by atoms with E-state index in [1.807, 2.05) is 13.2 Å². The van der Waals surface area contributed by atoms with Gasteiger partial charge in [0, 0.05) is 39.2 Å². The van der Waals surface area contributed by atoms with Crippen LogP contribution in [0, 0.1) is 5.82 Å². The van der Waals surface area contributed by atoms with Crippen LogP contribution in [0.1, 0.15) is 24.0 Å². The van der Waals surface area contributed by atoms with E-state index >= 15 is 0 Å². The first-order chi connectivity index (χ1) is 12.0. The van der Waals surface area contributed by atoms with Crippen molar-refractivity contribution in [1.82, 2.24) is 20.0 Å². The molecule has 1 aliphatic rings. The van der Waals surface area contributed by atoms with Gasteiger partial charge in [-0.2, -0.15) is 5.10 Å². The van der Waals surface area contributed by atoms with Crippen LogP contribution in [0.25, 0.3) is 0 Å². The zero-order valence-corrected chi connectivity index (χ0v) is 14.1. The normalized spacial score (nSPS) is 17.1. The highest BCUT2D eigenvalue weighted by Gasteiger charge is 2.30. The van der Waals surface area contributed by atoms with E-state index in [1.165, 1.54) is 12.1 Å². The van der Waals surface area contributed by atoms with Gasteiger partial charge in [0.2, 0.25) is 11.8 Å². The third-order valence-electron chi connectivity index (χ3n) is 4.24. The molecule has 1 saturated heterocycles. The molecule has 0 bridgehead atoms. The number of carbonyl (C=O) groups excluding carboxylic acids is 2. The lowest BCUT2D eigenvalue weighted by Gasteiger charge is -2.17. The maximum atomic E-state index is 13.2. The van der Waals surface area contributed by atoms with Gasteiger partial charge in [-0.05, 0) is 29.7 Å². The quantitative estimate of drug-likeness (QED) is 0.862. The minimum Gasteiger partial charge on any atom is -0.351 e. The molecule has 0 saturated carbocycles. The summed E-state index contributed by atoms with van der Waals surface area (Å²) in [4.78, 5) is 25.8. The molecule has 2 heterocycles. The number of likely N-dealkylation sites (tertiary alicyclic amines) is 1. The largest absolute Gasteiger partial charge is 0.351 e. The predicted molar refractivity (Wildman–Crippen MR) is 89.9 cm³/mol. The zero-order chi connectivity index (χ0) is 17.8. The molecule has 1 aromatic heterocycles. The van der Waals surface area contributed by atoms with Crippen LogP contribution >= 0.6 is 0 Å². The lowest BCUT2D eigenvalue weighted by molar-refractivity contribution is -0.128. The Bertz CT molecular complexity index is 774. The van der Waals surface area contributed by atoms with Crippen LogP contribution in [0.3, 0.4) is 0 Å². The Morgan fingerprint density at radius 3 is 2.96 bits per heavy atom. The molecule has 1 aliphatic heterocycles. The van der Waals surface area contributed by atoms with Crippen molar-refractivity contribution >= 4 is 11.8 Å². The topological polar surface area (TPSA) is 67.2 Å². The molecule has 1 unspecified atom stereocenters. The molecule has 1 N–H and O–H groups in total. The SMILES string of the molecule is Cn1cc(CCC(=O)NC2CC(=O)N(Cc3cccc(F)c3)C2)cn1. The second-order valence-corrected chi connectivity index (χ2v) is 6.39. The van der Waals surface area contributed by atoms with Gasteiger partial charge in [0.1, 0.15) is 5.82 Å². The second-order valence-electron chi connectivity index (χ2n) is 6.39. The van der Waals surface area contributed by atoms with E-state index in [-0.39, 0.29) is 30.1 Å². The minimum atomic E-state index is -0.315. The molecule has 6 nitrogen and oxygen atoms in total. The number of rotatable bonds is 6. The summed E-state index contributed by atoms with van der Waals surface area (Å²) < 4.78 is 14.9. The molecular weight excluding hydrogens is 323 g/mol. The molecular formula is C18H21FN4O2. The third kappa shape index (κ3) is 4.65. The van der Waals surface area contributed by atoms with Crippen molar-refractivity contribution in [2.45, 2.75) is 31.8 Å². The van der Waals surface area contributed by atoms with Crippen molar-refractivity contribution in [3.63, 3.8) is 0 Å². The Hall–Kier alpha value is -2.70. The van der Waals surface area contributed by atoms with Crippen molar-refractivity contribution < 1.29 is 14.0 Å². The van der Waals surface area contributed by atoms with Gasteiger partial charge in [-0.25, -0.2) is 4.39 Å². The summed E-state index contributed by atoms with van der Waals surface area (Å²) in [5.41, 5.74) is 1.75. The number of carbonyl (C=O) groups is 2. The fraction of sp³-hybridized carbons (Fsp3) is 0.389. The summed E-state index contributed by atoms with van der Waals surface area (Å²) in [5, 5.41) is 6.98. The van der Waals surface area contributed by atoms with Gasteiger partial charge < -0.3 is 10.2 Å². The highest BCUT2D eigenvalue weighted by atomic mass is 19.1. The first-order valence-electron chi connectivity index (χ1n) is 8.29. The average molecular weight is 344 g/mol. The standard InChI is InChI=1S/C18H21FN4O2/c1-22-10-14(9-20-22)5-6-17(24)21-16-8-18(25)23(12-16)11-13-3-2-4-15(19)7-13/h2-4,7,9-10,16H,5-6,8,11-12H2,1H3,(H,21,24). The number of aryl methyl sites for hydroxylation is 2. The Balaban J connectivity index is 1.47. The Morgan fingerprint density at radius 1 is 1.40 bits per heavy atom. The van der Waals surface area contributed by atoms with E-state index in [0.717, 1.165) is 11.1 Å². The van der Waals surface area contributed by atoms with Gasteiger partial charge >= 0.3 is 0 Å². The molecule has 0 spiro atoms. The lowest BCUT2D eigenvalue weighted by Crippen LogP contribution is -2.37. The molecule has 1 atom stereocenters. The maximum absolute atomic E-state index is 13.2. The van der Waals surface area contributed by atoms with Crippen LogP contribution in [0.4, 0.5) is 4.39 Å². The predicted octanol–water partition coefficient (Wildman–Crippen LogP) is 1.41. The van der Waals surface area contributed by atoms with Crippen LogP contribution in [0.15, 0.2) is 36.7 Å². The van der Waals surface area contributed by atoms with Gasteiger partial charge in [-0.15, -0.1) is 0 Å². The van der Waals surface area contributed by atoms with E-state index in [4.69, 9.17) is 0 Å². The molecule has 25 heavy (non-hydrogen) atoms. The zero-order valence-electron chi connectivity index (χ0n) is 14.1. The highest BCUT2D eigenvalue weighted by Crippen LogP contribution is 2.16. The summed E-state index contributed by atoms with van der Waals surface area (Å²) >= 11 is 0. The molecule has 0 aliphatic carbocycles. The van der Waals surface area contributed by atoms with E-state index in [2.05, 4.69) is 10.4 Å². The number of amides is 2. The summed E-state index contributed by atoms with van der Waals surface area (Å²) in [5.74, 6) is -0.416. The Kier molecular flexibility index (Phi) is 5.11. The molecule has 0 radical (unpaired) electrons. The molecule has 1 aromatic carbocycles. The summed E-state index contributed by atoms with van der Waals surface area (Å²) in [6.07, 6.45) is 4.89. The number of benzene rings is 1. The van der Waals surface area contributed by atoms with Crippen molar-refractivity contribution in [1.29, 1.82) is 0 Å². The Labute approximate surface area is 145 Å². The molecule has 132 valence electrons. The van der Waals surface area contributed by atoms with E-state index in [9.17, 15) is 14.0 Å². The van der Waals surface area contributed by atoms with Crippen LogP contribution in [0.2, 0.25) is 0 Å². The number of nitrogens with one attached hydrogen (secondary N) is 1. The van der Waals surface area contributed by atoms with Crippen molar-refractivity contribution in [3.05, 3.63) is 53.6 Å². The van der Waals surface area contributed by atoms with Gasteiger partial charge in [-0.1, -0.05) is 12.1 Å². The number of hydrogen-bond acceptors (Lipinski definition) is 3. The van der Waals surface area contributed by atoms with Crippen LogP contribution < -0.4 is 5.32 Å². The number of nitrogens with zero attached hydrogens (tertiary/aromatic N) is 3. The van der Waals surface area contributed by atoms with Crippen LogP contribution in [-0.2, 0) is 29.6 Å². The maximum Gasteiger partial charge on any atom is 0.225 e. The minimum absolute atomic E-state index is 0.0261. The summed E-state index contributed by atoms with van der Waals surface area (Å²) in [6.45, 7) is 0.812. The van der Waals surface area contributed by atoms with Gasteiger partial charge in [0.15, 0.2) is 0 Å². The number of hydrogen-bond donors (Lipinski definition) is 1. The first kappa shape index (κ1) is 17.1. The fourth-order valence-corrected chi connectivity index (χ4v) is 3.04. The molecule has 2 amide bonds. The third-order valence-corrected chi connectivity index (χ3v) is 4.24. The van der Waals surface area contributed by atoms with Crippen LogP contribution in [0.5, 0.6) is 0 Å². The summed E-state index contributed by atoms with van der Waals surface area (Å²) in [7, 11) is 1.83. The molecule has 7 heteroatoms. The van der Waals surface area contributed by atoms with E-state index in [1.54, 1.807) is 27.9 Å². The highest BCUT2D eigenvalue weighted by molar-refractivity contribution is 5.82. The van der Waals surface area contributed by atoms with Crippen molar-refractivity contribution in [2.24, 2.45) is 7.05 Å². The second kappa shape index (κ2) is 7.46. The molecule has 2 aromatic rings. The molecule has 3 rings (SSSR count).